The molecular weight excluding hydrogens is 390 g/mol. The highest BCUT2D eigenvalue weighted by atomic mass is 16.7. The second kappa shape index (κ2) is 6.88. The van der Waals surface area contributed by atoms with Crippen molar-refractivity contribution < 1.29 is 14.3 Å². The number of carbonyl (C=O) groups excluding carboxylic acids is 1. The second-order valence-electron chi connectivity index (χ2n) is 7.35. The number of hydrogen-bond acceptors (Lipinski definition) is 4. The van der Waals surface area contributed by atoms with Gasteiger partial charge in [0.25, 0.3) is 0 Å². The molecule has 3 aromatic carbocycles. The van der Waals surface area contributed by atoms with Crippen LogP contribution in [0, 0.1) is 0 Å². The summed E-state index contributed by atoms with van der Waals surface area (Å²) in [6.45, 7) is 0.161. The summed E-state index contributed by atoms with van der Waals surface area (Å²) in [4.78, 5) is 24.9. The van der Waals surface area contributed by atoms with Crippen LogP contribution in [0.4, 0.5) is 0 Å². The van der Waals surface area contributed by atoms with Gasteiger partial charge < -0.3 is 19.4 Å². The number of allylic oxidation sites excluding steroid dienone is 1. The zero-order valence-electron chi connectivity index (χ0n) is 16.4. The van der Waals surface area contributed by atoms with Crippen molar-refractivity contribution in [3.8, 4) is 11.5 Å². The minimum absolute atomic E-state index is 0.150. The van der Waals surface area contributed by atoms with Gasteiger partial charge in [-0.1, -0.05) is 30.3 Å². The van der Waals surface area contributed by atoms with Gasteiger partial charge in [0.15, 0.2) is 17.3 Å². The molecule has 2 aromatic heterocycles. The number of aromatic nitrogens is 3. The number of para-hydroxylation sites is 3. The fourth-order valence-corrected chi connectivity index (χ4v) is 3.88. The number of ether oxygens (including phenoxy) is 2. The van der Waals surface area contributed by atoms with Gasteiger partial charge in [-0.05, 0) is 42.5 Å². The van der Waals surface area contributed by atoms with Gasteiger partial charge >= 0.3 is 0 Å². The summed E-state index contributed by atoms with van der Waals surface area (Å²) >= 11 is 0. The van der Waals surface area contributed by atoms with Crippen LogP contribution in [-0.2, 0) is 0 Å². The smallest absolute Gasteiger partial charge is 0.231 e. The highest BCUT2D eigenvalue weighted by molar-refractivity contribution is 6.32. The van der Waals surface area contributed by atoms with Crippen LogP contribution in [0.2, 0.25) is 0 Å². The van der Waals surface area contributed by atoms with Crippen molar-refractivity contribution in [3.05, 3.63) is 89.9 Å². The maximum Gasteiger partial charge on any atom is 0.231 e. The molecule has 5 aromatic rings. The Balaban J connectivity index is 1.52. The molecule has 0 spiro atoms. The molecule has 1 aliphatic rings. The minimum Gasteiger partial charge on any atom is -0.454 e. The molecule has 0 aliphatic carbocycles. The Morgan fingerprint density at radius 1 is 0.935 bits per heavy atom. The Labute approximate surface area is 177 Å². The molecule has 6 rings (SSSR count). The average molecular weight is 407 g/mol. The first-order chi connectivity index (χ1) is 15.3. The number of carbonyl (C=O) groups is 1. The van der Waals surface area contributed by atoms with Gasteiger partial charge in [-0.2, -0.15) is 0 Å². The highest BCUT2D eigenvalue weighted by Crippen LogP contribution is 2.34. The third kappa shape index (κ3) is 2.97. The largest absolute Gasteiger partial charge is 0.454 e. The molecular formula is C25H17N3O3. The van der Waals surface area contributed by atoms with Crippen LogP contribution in [0.15, 0.2) is 72.9 Å². The number of imidazole rings is 1. The van der Waals surface area contributed by atoms with Crippen LogP contribution in [0.5, 0.6) is 11.5 Å². The molecule has 0 fully saturated rings. The lowest BCUT2D eigenvalue weighted by Crippen LogP contribution is -2.04. The quantitative estimate of drug-likeness (QED) is 0.317. The Morgan fingerprint density at radius 3 is 2.65 bits per heavy atom. The summed E-state index contributed by atoms with van der Waals surface area (Å²) in [6, 6.07) is 21.0. The van der Waals surface area contributed by atoms with Gasteiger partial charge in [0.2, 0.25) is 6.79 Å². The van der Waals surface area contributed by atoms with Crippen molar-refractivity contribution in [2.24, 2.45) is 0 Å². The first-order valence-electron chi connectivity index (χ1n) is 9.93. The van der Waals surface area contributed by atoms with Crippen molar-refractivity contribution in [3.63, 3.8) is 0 Å². The van der Waals surface area contributed by atoms with Crippen LogP contribution in [-0.4, -0.2) is 27.5 Å². The number of H-pyrrole nitrogens is 2. The highest BCUT2D eigenvalue weighted by Gasteiger charge is 2.22. The zero-order valence-corrected chi connectivity index (χ0v) is 16.4. The second-order valence-corrected chi connectivity index (χ2v) is 7.35. The van der Waals surface area contributed by atoms with E-state index in [9.17, 15) is 4.79 Å². The third-order valence-electron chi connectivity index (χ3n) is 5.44. The Kier molecular flexibility index (Phi) is 3.89. The maximum absolute atomic E-state index is 13.6. The maximum atomic E-state index is 13.6. The van der Waals surface area contributed by atoms with E-state index in [1.807, 2.05) is 60.8 Å². The molecule has 0 unspecified atom stereocenters. The van der Waals surface area contributed by atoms with E-state index in [-0.39, 0.29) is 12.6 Å². The Bertz CT molecular complexity index is 1460. The molecule has 0 bridgehead atoms. The molecule has 31 heavy (non-hydrogen) atoms. The van der Waals surface area contributed by atoms with Crippen LogP contribution < -0.4 is 9.47 Å². The Morgan fingerprint density at radius 2 is 1.74 bits per heavy atom. The van der Waals surface area contributed by atoms with Crippen LogP contribution in [0.25, 0.3) is 33.6 Å². The number of aromatic amines is 2. The predicted octanol–water partition coefficient (Wildman–Crippen LogP) is 5.20. The van der Waals surface area contributed by atoms with E-state index < -0.39 is 0 Å². The molecule has 0 saturated heterocycles. The first-order valence-corrected chi connectivity index (χ1v) is 9.93. The van der Waals surface area contributed by atoms with Crippen LogP contribution >= 0.6 is 0 Å². The molecule has 1 aliphatic heterocycles. The molecule has 0 atom stereocenters. The predicted molar refractivity (Wildman–Crippen MR) is 119 cm³/mol. The molecule has 150 valence electrons. The number of nitrogens with one attached hydrogen (secondary N) is 2. The minimum atomic E-state index is -0.150. The van der Waals surface area contributed by atoms with Gasteiger partial charge in [-0.25, -0.2) is 4.98 Å². The van der Waals surface area contributed by atoms with Gasteiger partial charge in [0.1, 0.15) is 5.82 Å². The number of Topliss-reactive ketones (excluding diaryl/α,β-unsaturated/α-hetero) is 1. The zero-order chi connectivity index (χ0) is 20.8. The lowest BCUT2D eigenvalue weighted by molar-refractivity contribution is 0.105. The van der Waals surface area contributed by atoms with Gasteiger partial charge in [-0.15, -0.1) is 0 Å². The molecule has 0 radical (unpaired) electrons. The van der Waals surface area contributed by atoms with E-state index in [2.05, 4.69) is 15.0 Å². The number of fused-ring (bicyclic) bond motifs is 3. The summed E-state index contributed by atoms with van der Waals surface area (Å²) in [5, 5.41) is 1.04. The Hall–Kier alpha value is -4.32. The summed E-state index contributed by atoms with van der Waals surface area (Å²) in [7, 11) is 0. The fourth-order valence-electron chi connectivity index (χ4n) is 3.88. The monoisotopic (exact) mass is 407 g/mol. The van der Waals surface area contributed by atoms with E-state index >= 15 is 0 Å². The molecule has 0 amide bonds. The molecule has 3 heterocycles. The van der Waals surface area contributed by atoms with Gasteiger partial charge in [0.05, 0.1) is 16.6 Å². The van der Waals surface area contributed by atoms with Crippen molar-refractivity contribution in [2.75, 3.05) is 6.79 Å². The van der Waals surface area contributed by atoms with E-state index in [1.165, 1.54) is 0 Å². The SMILES string of the molecule is O=C(/C(=C\c1c[nH]c2ccccc12)c1nc2ccccc2[nH]1)c1ccc2c(c1)OCO2. The first kappa shape index (κ1) is 17.5. The van der Waals surface area contributed by atoms with Crippen molar-refractivity contribution in [1.29, 1.82) is 0 Å². The topological polar surface area (TPSA) is 80.0 Å². The van der Waals surface area contributed by atoms with E-state index in [4.69, 9.17) is 9.47 Å². The fraction of sp³-hybridized carbons (Fsp3) is 0.0400. The van der Waals surface area contributed by atoms with E-state index in [1.54, 1.807) is 18.2 Å². The summed E-state index contributed by atoms with van der Waals surface area (Å²) < 4.78 is 10.8. The molecule has 6 nitrogen and oxygen atoms in total. The number of ketones is 1. The lowest BCUT2D eigenvalue weighted by Gasteiger charge is -2.06. The summed E-state index contributed by atoms with van der Waals surface area (Å²) in [5.41, 5.74) is 4.59. The molecule has 6 heteroatoms. The molecule has 2 N–H and O–H groups in total. The van der Waals surface area contributed by atoms with Crippen LogP contribution in [0.1, 0.15) is 21.7 Å². The van der Waals surface area contributed by atoms with E-state index in [0.29, 0.717) is 28.5 Å². The number of rotatable bonds is 4. The van der Waals surface area contributed by atoms with Crippen molar-refractivity contribution in [2.45, 2.75) is 0 Å². The number of nitrogens with zero attached hydrogens (tertiary/aromatic N) is 1. The van der Waals surface area contributed by atoms with Crippen molar-refractivity contribution >= 4 is 39.4 Å². The normalized spacial score (nSPS) is 13.2. The van der Waals surface area contributed by atoms with Gasteiger partial charge in [-0.3, -0.25) is 4.79 Å². The van der Waals surface area contributed by atoms with E-state index in [0.717, 1.165) is 27.5 Å². The summed E-state index contributed by atoms with van der Waals surface area (Å²) in [5.74, 6) is 1.58. The average Bonchev–Trinajstić information content (AvgIpc) is 3.54. The van der Waals surface area contributed by atoms with Crippen molar-refractivity contribution in [1.82, 2.24) is 15.0 Å². The van der Waals surface area contributed by atoms with Crippen LogP contribution in [0.3, 0.4) is 0 Å². The molecule has 0 saturated carbocycles. The lowest BCUT2D eigenvalue weighted by atomic mass is 9.99. The summed E-state index contributed by atoms with van der Waals surface area (Å²) in [6.07, 6.45) is 3.78. The number of hydrogen-bond donors (Lipinski definition) is 2. The standard InChI is InChI=1S/C25H17N3O3/c29-24(15-9-10-22-23(12-15)31-14-30-22)18(25-27-20-7-3-4-8-21(20)28-25)11-16-13-26-19-6-2-1-5-17(16)19/h1-13,26H,14H2,(H,27,28)/b18-11+. The van der Waals surface area contributed by atoms with Gasteiger partial charge in [0, 0.05) is 28.2 Å². The third-order valence-corrected chi connectivity index (χ3v) is 5.44. The number of benzene rings is 3.